The molecule has 0 N–H and O–H groups in total. The summed E-state index contributed by atoms with van der Waals surface area (Å²) in [7, 11) is -3.15. The third kappa shape index (κ3) is 5.49. The van der Waals surface area contributed by atoms with Crippen LogP contribution in [0.5, 0.6) is 5.88 Å². The maximum Gasteiger partial charge on any atom is 0.309 e. The zero-order valence-corrected chi connectivity index (χ0v) is 24.4. The molecule has 2 heterocycles. The summed E-state index contributed by atoms with van der Waals surface area (Å²) in [6.45, 7) is 5.25. The lowest BCUT2D eigenvalue weighted by molar-refractivity contribution is -0.145. The van der Waals surface area contributed by atoms with Crippen LogP contribution in [0.15, 0.2) is 48.7 Å². The second kappa shape index (κ2) is 10.8. The van der Waals surface area contributed by atoms with Crippen LogP contribution in [-0.2, 0) is 32.6 Å². The number of ether oxygens (including phenoxy) is 2. The van der Waals surface area contributed by atoms with Crippen LogP contribution in [0.2, 0.25) is 0 Å². The van der Waals surface area contributed by atoms with Crippen LogP contribution in [0, 0.1) is 24.6 Å². The Labute approximate surface area is 240 Å². The summed E-state index contributed by atoms with van der Waals surface area (Å²) in [6, 6.07) is 13.6. The summed E-state index contributed by atoms with van der Waals surface area (Å²) < 4.78 is 51.3. The second-order valence-electron chi connectivity index (χ2n) is 11.5. The van der Waals surface area contributed by atoms with Crippen molar-refractivity contribution in [2.45, 2.75) is 51.6 Å². The highest BCUT2D eigenvalue weighted by Gasteiger charge is 2.60. The molecule has 1 aliphatic heterocycles. The van der Waals surface area contributed by atoms with Crippen molar-refractivity contribution in [1.82, 2.24) is 9.29 Å². The number of hydrogen-bond acceptors (Lipinski definition) is 6. The summed E-state index contributed by atoms with van der Waals surface area (Å²) in [5.74, 6) is 0.744. The van der Waals surface area contributed by atoms with Crippen LogP contribution in [0.25, 0.3) is 11.1 Å². The number of esters is 1. The van der Waals surface area contributed by atoms with E-state index in [0.717, 1.165) is 47.1 Å². The lowest BCUT2D eigenvalue weighted by Gasteiger charge is -2.30. The number of benzene rings is 2. The first kappa shape index (κ1) is 27.8. The topological polar surface area (TPSA) is 85.8 Å². The zero-order chi connectivity index (χ0) is 28.9. The third-order valence-corrected chi connectivity index (χ3v) is 10.2. The molecule has 3 aromatic rings. The van der Waals surface area contributed by atoms with Crippen LogP contribution >= 0.6 is 0 Å². The van der Waals surface area contributed by atoms with E-state index in [0.29, 0.717) is 37.1 Å². The summed E-state index contributed by atoms with van der Waals surface area (Å²) in [4.78, 5) is 16.6. The Morgan fingerprint density at radius 2 is 1.85 bits per heavy atom. The summed E-state index contributed by atoms with van der Waals surface area (Å²) in [6.07, 6.45) is 5.46. The van der Waals surface area contributed by atoms with Gasteiger partial charge in [-0.3, -0.25) is 4.79 Å². The number of halogens is 1. The zero-order valence-electron chi connectivity index (χ0n) is 23.6. The average molecular weight is 579 g/mol. The first-order valence-electron chi connectivity index (χ1n) is 14.3. The van der Waals surface area contributed by atoms with E-state index in [4.69, 9.17) is 9.47 Å². The predicted molar refractivity (Wildman–Crippen MR) is 154 cm³/mol. The largest absolute Gasteiger partial charge is 0.473 e. The number of nitrogens with zero attached hydrogens (tertiary/aromatic N) is 2. The molecule has 0 bridgehead atoms. The Morgan fingerprint density at radius 1 is 1.12 bits per heavy atom. The molecule has 2 aromatic carbocycles. The van der Waals surface area contributed by atoms with Crippen LogP contribution in [0.4, 0.5) is 4.39 Å². The monoisotopic (exact) mass is 578 g/mol. The van der Waals surface area contributed by atoms with Crippen LogP contribution in [0.1, 0.15) is 59.4 Å². The Morgan fingerprint density at radius 3 is 2.54 bits per heavy atom. The fraction of sp³-hybridized carbons (Fsp3) is 0.438. The van der Waals surface area contributed by atoms with Gasteiger partial charge in [0, 0.05) is 36.8 Å². The number of carbonyl (C=O) groups is 1. The van der Waals surface area contributed by atoms with Crippen LogP contribution in [0.3, 0.4) is 0 Å². The minimum atomic E-state index is -3.15. The Hall–Kier alpha value is -3.30. The smallest absolute Gasteiger partial charge is 0.309 e. The van der Waals surface area contributed by atoms with E-state index in [1.165, 1.54) is 11.8 Å². The molecule has 2 aliphatic carbocycles. The molecule has 1 saturated heterocycles. The highest BCUT2D eigenvalue weighted by atomic mass is 32.2. The number of pyridine rings is 1. The van der Waals surface area contributed by atoms with Crippen molar-refractivity contribution in [2.24, 2.45) is 11.8 Å². The lowest BCUT2D eigenvalue weighted by atomic mass is 9.88. The molecule has 0 spiro atoms. The SMILES string of the molecule is CCOC(=O)[C@H]1[C@@H]2Cc3cc(OCc4cc(-c5ccc(C6CCN(S(C)(=O)=O)CC6)cc5)c(C)cc4F)ncc3[C@@H]21. The summed E-state index contributed by atoms with van der Waals surface area (Å²) in [5, 5.41) is 0. The van der Waals surface area contributed by atoms with Gasteiger partial charge in [-0.2, -0.15) is 0 Å². The number of fused-ring (bicyclic) bond motifs is 3. The van der Waals surface area contributed by atoms with E-state index in [9.17, 15) is 17.6 Å². The van der Waals surface area contributed by atoms with Crippen LogP contribution < -0.4 is 4.74 Å². The Kier molecular flexibility index (Phi) is 7.36. The molecule has 0 unspecified atom stereocenters. The van der Waals surface area contributed by atoms with E-state index in [-0.39, 0.29) is 36.1 Å². The molecule has 6 rings (SSSR count). The van der Waals surface area contributed by atoms with Gasteiger partial charge in [0.2, 0.25) is 15.9 Å². The highest BCUT2D eigenvalue weighted by Crippen LogP contribution is 2.61. The maximum absolute atomic E-state index is 14.9. The van der Waals surface area contributed by atoms with E-state index in [1.807, 2.05) is 26.0 Å². The number of aromatic nitrogens is 1. The predicted octanol–water partition coefficient (Wildman–Crippen LogP) is 5.36. The van der Waals surface area contributed by atoms with Crippen molar-refractivity contribution in [2.75, 3.05) is 26.0 Å². The molecule has 216 valence electrons. The van der Waals surface area contributed by atoms with Crippen molar-refractivity contribution in [3.63, 3.8) is 0 Å². The van der Waals surface area contributed by atoms with Crippen LogP contribution in [-0.4, -0.2) is 49.6 Å². The van der Waals surface area contributed by atoms with Gasteiger partial charge >= 0.3 is 5.97 Å². The van der Waals surface area contributed by atoms with E-state index in [2.05, 4.69) is 29.2 Å². The standard InChI is InChI=1S/C32H35FN2O5S/c1-4-39-32(36)31-26-14-23-16-29(34-17-27(23)30(26)31)40-18-24-15-25(19(2)13-28(24)33)22-7-5-20(6-8-22)21-9-11-35(12-10-21)41(3,37)38/h5-8,13,15-17,21,26,30-31H,4,9-12,14,18H2,1-3H3/t26-,30-,31+/m1/s1. The molecule has 41 heavy (non-hydrogen) atoms. The molecule has 0 radical (unpaired) electrons. The average Bonchev–Trinajstić information content (AvgIpc) is 3.54. The lowest BCUT2D eigenvalue weighted by Crippen LogP contribution is -2.37. The van der Waals surface area contributed by atoms with Gasteiger partial charge in [-0.1, -0.05) is 24.3 Å². The highest BCUT2D eigenvalue weighted by molar-refractivity contribution is 7.88. The van der Waals surface area contributed by atoms with Gasteiger partial charge in [0.05, 0.1) is 18.8 Å². The van der Waals surface area contributed by atoms with Gasteiger partial charge in [-0.05, 0) is 90.5 Å². The molecule has 3 aliphatic rings. The van der Waals surface area contributed by atoms with E-state index < -0.39 is 10.0 Å². The van der Waals surface area contributed by atoms with Gasteiger partial charge in [0.25, 0.3) is 0 Å². The third-order valence-electron chi connectivity index (χ3n) is 8.93. The number of piperidine rings is 1. The first-order chi connectivity index (χ1) is 19.6. The molecule has 7 nitrogen and oxygen atoms in total. The van der Waals surface area contributed by atoms with Crippen molar-refractivity contribution in [3.05, 3.63) is 82.3 Å². The van der Waals surface area contributed by atoms with E-state index in [1.54, 1.807) is 16.6 Å². The fourth-order valence-corrected chi connectivity index (χ4v) is 7.53. The fourth-order valence-electron chi connectivity index (χ4n) is 6.65. The molecular weight excluding hydrogens is 543 g/mol. The van der Waals surface area contributed by atoms with Gasteiger partial charge in [-0.25, -0.2) is 22.1 Å². The van der Waals surface area contributed by atoms with Crippen molar-refractivity contribution >= 4 is 16.0 Å². The number of aryl methyl sites for hydroxylation is 1. The molecule has 3 atom stereocenters. The molecular formula is C32H35FN2O5S. The molecule has 1 saturated carbocycles. The van der Waals surface area contributed by atoms with Gasteiger partial charge in [-0.15, -0.1) is 0 Å². The number of carbonyl (C=O) groups excluding carboxylic acids is 1. The van der Waals surface area contributed by atoms with Crippen molar-refractivity contribution in [1.29, 1.82) is 0 Å². The maximum atomic E-state index is 14.9. The van der Waals surface area contributed by atoms with Crippen molar-refractivity contribution < 1.29 is 27.1 Å². The molecule has 9 heteroatoms. The molecule has 1 aromatic heterocycles. The summed E-state index contributed by atoms with van der Waals surface area (Å²) in [5.41, 5.74) is 6.65. The minimum Gasteiger partial charge on any atom is -0.473 e. The minimum absolute atomic E-state index is 0.0558. The quantitative estimate of drug-likeness (QED) is 0.335. The Balaban J connectivity index is 1.12. The van der Waals surface area contributed by atoms with Gasteiger partial charge < -0.3 is 9.47 Å². The number of sulfonamides is 1. The second-order valence-corrected chi connectivity index (χ2v) is 13.5. The molecule has 2 fully saturated rings. The van der Waals surface area contributed by atoms with Gasteiger partial charge in [0.15, 0.2) is 0 Å². The normalized spacial score (nSPS) is 22.2. The van der Waals surface area contributed by atoms with Crippen molar-refractivity contribution in [3.8, 4) is 17.0 Å². The number of hydrogen-bond donors (Lipinski definition) is 0. The first-order valence-corrected chi connectivity index (χ1v) is 16.1. The molecule has 0 amide bonds. The Bertz CT molecular complexity index is 1580. The van der Waals surface area contributed by atoms with E-state index >= 15 is 0 Å². The number of rotatable bonds is 8. The van der Waals surface area contributed by atoms with Gasteiger partial charge in [0.1, 0.15) is 12.4 Å². The summed E-state index contributed by atoms with van der Waals surface area (Å²) >= 11 is 0.